The molecule has 6 heteroatoms. The minimum atomic E-state index is -0.597. The lowest BCUT2D eigenvalue weighted by atomic mass is 10.2. The number of hydrogen-bond acceptors (Lipinski definition) is 6. The fourth-order valence-electron chi connectivity index (χ4n) is 0.838. The van der Waals surface area contributed by atoms with E-state index in [4.69, 9.17) is 9.47 Å². The van der Waals surface area contributed by atoms with E-state index in [-0.39, 0.29) is 19.8 Å². The molecule has 0 atom stereocenters. The van der Waals surface area contributed by atoms with E-state index in [0.717, 1.165) is 12.2 Å². The van der Waals surface area contributed by atoms with Gasteiger partial charge in [-0.3, -0.25) is 0 Å². The van der Waals surface area contributed by atoms with Crippen LogP contribution in [-0.4, -0.2) is 37.8 Å². The zero-order valence-corrected chi connectivity index (χ0v) is 11.5. The van der Waals surface area contributed by atoms with E-state index >= 15 is 0 Å². The third-order valence-corrected chi connectivity index (χ3v) is 1.67. The van der Waals surface area contributed by atoms with Gasteiger partial charge in [-0.05, 0) is 6.92 Å². The number of rotatable bonds is 8. The maximum Gasteiger partial charge on any atom is 0.330 e. The minimum Gasteiger partial charge on any atom is -0.462 e. The smallest absolute Gasteiger partial charge is 0.330 e. The lowest BCUT2D eigenvalue weighted by molar-refractivity contribution is -0.142. The molecule has 0 saturated carbocycles. The molecule has 0 radical (unpaired) electrons. The Morgan fingerprint density at radius 2 is 1.55 bits per heavy atom. The molecular weight excluding hydrogens is 262 g/mol. The second kappa shape index (κ2) is 14.6. The maximum absolute atomic E-state index is 10.8. The Hall–Kier alpha value is -2.46. The average Bonchev–Trinajstić information content (AvgIpc) is 2.46. The molecule has 0 spiro atoms. The number of esters is 2. The van der Waals surface area contributed by atoms with Crippen molar-refractivity contribution in [2.75, 3.05) is 19.8 Å². The first-order chi connectivity index (χ1) is 9.55. The van der Waals surface area contributed by atoms with Gasteiger partial charge in [-0.2, -0.15) is 0 Å². The molecule has 0 heterocycles. The van der Waals surface area contributed by atoms with Crippen LogP contribution in [0.15, 0.2) is 43.0 Å². The van der Waals surface area contributed by atoms with Crippen LogP contribution in [0.5, 0.6) is 0 Å². The van der Waals surface area contributed by atoms with Crippen LogP contribution in [0.4, 0.5) is 0 Å². The summed E-state index contributed by atoms with van der Waals surface area (Å²) in [5, 5.41) is 0. The molecule has 0 aromatic rings. The van der Waals surface area contributed by atoms with Crippen molar-refractivity contribution in [2.45, 2.75) is 6.92 Å². The second-order valence-corrected chi connectivity index (χ2v) is 3.37. The quantitative estimate of drug-likeness (QED) is 0.222. The first-order valence-corrected chi connectivity index (χ1v) is 5.74. The normalized spacial score (nSPS) is 8.30. The molecule has 6 nitrogen and oxygen atoms in total. The monoisotopic (exact) mass is 281 g/mol. The summed E-state index contributed by atoms with van der Waals surface area (Å²) in [5.41, 5.74) is 0. The van der Waals surface area contributed by atoms with Crippen molar-refractivity contribution < 1.29 is 23.9 Å². The van der Waals surface area contributed by atoms with Gasteiger partial charge in [-0.25, -0.2) is 19.4 Å². The number of aliphatic imine (C=N–C) groups is 1. The highest BCUT2D eigenvalue weighted by Gasteiger charge is 2.12. The third kappa shape index (κ3) is 13.6. The Kier molecular flexibility index (Phi) is 14.5. The van der Waals surface area contributed by atoms with Crippen LogP contribution in [0.2, 0.25) is 0 Å². The van der Waals surface area contributed by atoms with E-state index in [1.165, 1.54) is 6.08 Å². The molecule has 0 saturated heterocycles. The topological polar surface area (TPSA) is 82.0 Å². The fraction of sp³-hybridized carbons (Fsp3) is 0.357. The van der Waals surface area contributed by atoms with Crippen molar-refractivity contribution in [2.24, 2.45) is 10.9 Å². The number of carbonyl (C=O) groups is 2. The second-order valence-electron chi connectivity index (χ2n) is 3.37. The van der Waals surface area contributed by atoms with Crippen LogP contribution < -0.4 is 0 Å². The molecule has 0 aliphatic carbocycles. The van der Waals surface area contributed by atoms with E-state index < -0.39 is 17.9 Å². The number of hydrogen-bond donors (Lipinski definition) is 0. The SMILES string of the molecule is C=CC.C=CC(=O)OCC(CN=C=O)COC(=O)C=C. The van der Waals surface area contributed by atoms with Gasteiger partial charge in [0, 0.05) is 18.1 Å². The Morgan fingerprint density at radius 1 is 1.15 bits per heavy atom. The average molecular weight is 281 g/mol. The number of isocyanates is 1. The first kappa shape index (κ1) is 19.9. The number of ether oxygens (including phenoxy) is 2. The summed E-state index contributed by atoms with van der Waals surface area (Å²) in [5.74, 6) is -1.59. The molecular formula is C14H19NO5. The van der Waals surface area contributed by atoms with Gasteiger partial charge in [-0.1, -0.05) is 19.2 Å². The summed E-state index contributed by atoms with van der Waals surface area (Å²) in [7, 11) is 0. The molecule has 0 N–H and O–H groups in total. The highest BCUT2D eigenvalue weighted by molar-refractivity contribution is 5.81. The van der Waals surface area contributed by atoms with E-state index in [1.54, 1.807) is 6.08 Å². The third-order valence-electron chi connectivity index (χ3n) is 1.67. The van der Waals surface area contributed by atoms with Gasteiger partial charge in [0.1, 0.15) is 0 Å². The Morgan fingerprint density at radius 3 is 1.85 bits per heavy atom. The van der Waals surface area contributed by atoms with Gasteiger partial charge in [0.25, 0.3) is 0 Å². The van der Waals surface area contributed by atoms with Crippen molar-refractivity contribution in [3.8, 4) is 0 Å². The number of carbonyl (C=O) groups excluding carboxylic acids is 3. The zero-order valence-electron chi connectivity index (χ0n) is 11.5. The van der Waals surface area contributed by atoms with E-state index in [1.807, 2.05) is 6.92 Å². The van der Waals surface area contributed by atoms with Crippen molar-refractivity contribution in [1.82, 2.24) is 0 Å². The van der Waals surface area contributed by atoms with Crippen LogP contribution in [0.1, 0.15) is 6.92 Å². The Labute approximate surface area is 118 Å². The fourth-order valence-corrected chi connectivity index (χ4v) is 0.838. The van der Waals surface area contributed by atoms with Crippen LogP contribution >= 0.6 is 0 Å². The number of allylic oxidation sites excluding steroid dienone is 1. The summed E-state index contributed by atoms with van der Waals surface area (Å²) in [6, 6.07) is 0. The molecule has 0 fully saturated rings. The zero-order chi connectivity index (χ0) is 15.8. The van der Waals surface area contributed by atoms with Crippen LogP contribution in [0.25, 0.3) is 0 Å². The highest BCUT2D eigenvalue weighted by Crippen LogP contribution is 2.01. The van der Waals surface area contributed by atoms with Crippen LogP contribution in [0.3, 0.4) is 0 Å². The molecule has 110 valence electrons. The van der Waals surface area contributed by atoms with Crippen molar-refractivity contribution in [1.29, 1.82) is 0 Å². The van der Waals surface area contributed by atoms with Gasteiger partial charge < -0.3 is 9.47 Å². The van der Waals surface area contributed by atoms with Crippen molar-refractivity contribution in [3.63, 3.8) is 0 Å². The van der Waals surface area contributed by atoms with Gasteiger partial charge in [0.2, 0.25) is 6.08 Å². The summed E-state index contributed by atoms with van der Waals surface area (Å²) in [6.07, 6.45) is 5.12. The molecule has 20 heavy (non-hydrogen) atoms. The van der Waals surface area contributed by atoms with Crippen LogP contribution in [0, 0.1) is 5.92 Å². The molecule has 0 rings (SSSR count). The molecule has 0 amide bonds. The predicted octanol–water partition coefficient (Wildman–Crippen LogP) is 1.59. The van der Waals surface area contributed by atoms with Crippen molar-refractivity contribution >= 4 is 18.0 Å². The van der Waals surface area contributed by atoms with Crippen molar-refractivity contribution in [3.05, 3.63) is 38.0 Å². The molecule has 0 aliphatic rings. The van der Waals surface area contributed by atoms with Gasteiger partial charge in [0.05, 0.1) is 19.8 Å². The standard InChI is InChI=1S/C11H13NO5.C3H6/c1-3-10(14)16-6-9(5-12-8-13)7-17-11(15)4-2;1-3-2/h3-4,9H,1-2,5-7H2;3H,1H2,2H3. The maximum atomic E-state index is 10.8. The molecule has 0 aliphatic heterocycles. The lowest BCUT2D eigenvalue weighted by Crippen LogP contribution is -2.22. The molecule has 0 unspecified atom stereocenters. The Bertz CT molecular complexity index is 359. The molecule has 0 bridgehead atoms. The summed E-state index contributed by atoms with van der Waals surface area (Å²) in [4.78, 5) is 34.9. The Balaban J connectivity index is 0. The van der Waals surface area contributed by atoms with Gasteiger partial charge in [-0.15, -0.1) is 6.58 Å². The van der Waals surface area contributed by atoms with E-state index in [0.29, 0.717) is 0 Å². The first-order valence-electron chi connectivity index (χ1n) is 5.74. The molecule has 0 aromatic carbocycles. The number of nitrogens with zero attached hydrogens (tertiary/aromatic N) is 1. The lowest BCUT2D eigenvalue weighted by Gasteiger charge is -2.13. The highest BCUT2D eigenvalue weighted by atomic mass is 16.5. The van der Waals surface area contributed by atoms with E-state index in [2.05, 4.69) is 24.7 Å². The summed E-state index contributed by atoms with van der Waals surface area (Å²) >= 11 is 0. The van der Waals surface area contributed by atoms with E-state index in [9.17, 15) is 14.4 Å². The summed E-state index contributed by atoms with van der Waals surface area (Å²) in [6.45, 7) is 11.7. The molecule has 0 aromatic heterocycles. The van der Waals surface area contributed by atoms with Crippen LogP contribution in [-0.2, 0) is 23.9 Å². The van der Waals surface area contributed by atoms with Gasteiger partial charge in [0.15, 0.2) is 0 Å². The minimum absolute atomic E-state index is 0.0273. The largest absolute Gasteiger partial charge is 0.462 e. The van der Waals surface area contributed by atoms with Gasteiger partial charge >= 0.3 is 11.9 Å². The predicted molar refractivity (Wildman–Crippen MR) is 74.7 cm³/mol. The summed E-state index contributed by atoms with van der Waals surface area (Å²) < 4.78 is 9.50.